The Kier molecular flexibility index (Phi) is 5.32. The van der Waals surface area contributed by atoms with Crippen molar-refractivity contribution in [3.8, 4) is 0 Å². The van der Waals surface area contributed by atoms with Crippen LogP contribution in [0.3, 0.4) is 0 Å². The highest BCUT2D eigenvalue weighted by atomic mass is 32.2. The highest BCUT2D eigenvalue weighted by Crippen LogP contribution is 2.13. The average molecular weight is 289 g/mol. The summed E-state index contributed by atoms with van der Waals surface area (Å²) in [5, 5.41) is 0. The highest BCUT2D eigenvalue weighted by molar-refractivity contribution is 7.78. The fraction of sp³-hybridized carbons (Fsp3) is 0.250. The summed E-state index contributed by atoms with van der Waals surface area (Å²) in [7, 11) is -1.07. The van der Waals surface area contributed by atoms with E-state index >= 15 is 0 Å². The van der Waals surface area contributed by atoms with Gasteiger partial charge in [0.15, 0.2) is 0 Å². The van der Waals surface area contributed by atoms with E-state index in [9.17, 15) is 4.21 Å². The summed E-state index contributed by atoms with van der Waals surface area (Å²) in [6, 6.07) is 15.9. The summed E-state index contributed by atoms with van der Waals surface area (Å²) in [4.78, 5) is 0.824. The summed E-state index contributed by atoms with van der Waals surface area (Å²) in [5.74, 6) is 0. The fourth-order valence-electron chi connectivity index (χ4n) is 2.06. The number of quaternary nitrogens is 1. The second-order valence-electron chi connectivity index (χ2n) is 4.87. The van der Waals surface area contributed by atoms with Gasteiger partial charge in [-0.1, -0.05) is 36.4 Å². The Balaban J connectivity index is 1.82. The van der Waals surface area contributed by atoms with E-state index in [0.717, 1.165) is 29.8 Å². The SMILES string of the molecule is Cc1ccc(N)cc1S(=O)[NH2+]CCCc1ccccc1. The lowest BCUT2D eigenvalue weighted by Gasteiger charge is -2.05. The fourth-order valence-corrected chi connectivity index (χ4v) is 3.26. The van der Waals surface area contributed by atoms with Crippen LogP contribution in [0.1, 0.15) is 17.5 Å². The average Bonchev–Trinajstić information content (AvgIpc) is 2.47. The van der Waals surface area contributed by atoms with Crippen LogP contribution < -0.4 is 10.5 Å². The van der Waals surface area contributed by atoms with Crippen molar-refractivity contribution in [3.05, 3.63) is 59.7 Å². The van der Waals surface area contributed by atoms with Gasteiger partial charge in [-0.25, -0.2) is 0 Å². The van der Waals surface area contributed by atoms with E-state index in [1.807, 2.05) is 42.0 Å². The number of nitrogens with two attached hydrogens (primary N) is 2. The third kappa shape index (κ3) is 4.18. The van der Waals surface area contributed by atoms with Gasteiger partial charge in [-0.05, 0) is 36.6 Å². The quantitative estimate of drug-likeness (QED) is 0.629. The lowest BCUT2D eigenvalue weighted by molar-refractivity contribution is -0.490. The number of hydrogen-bond donors (Lipinski definition) is 2. The monoisotopic (exact) mass is 289 g/mol. The first-order chi connectivity index (χ1) is 9.66. The van der Waals surface area contributed by atoms with Gasteiger partial charge in [-0.2, -0.15) is 4.21 Å². The van der Waals surface area contributed by atoms with Crippen LogP contribution in [-0.2, 0) is 17.4 Å². The van der Waals surface area contributed by atoms with Gasteiger partial charge >= 0.3 is 0 Å². The highest BCUT2D eigenvalue weighted by Gasteiger charge is 2.11. The Bertz CT molecular complexity index is 584. The van der Waals surface area contributed by atoms with Gasteiger partial charge in [0.25, 0.3) is 0 Å². The van der Waals surface area contributed by atoms with Crippen molar-refractivity contribution in [1.29, 1.82) is 0 Å². The zero-order valence-corrected chi connectivity index (χ0v) is 12.5. The normalized spacial score (nSPS) is 12.2. The molecule has 2 aromatic carbocycles. The lowest BCUT2D eigenvalue weighted by Crippen LogP contribution is -2.84. The van der Waals surface area contributed by atoms with Crippen LogP contribution in [0.2, 0.25) is 0 Å². The van der Waals surface area contributed by atoms with E-state index in [1.54, 1.807) is 6.07 Å². The van der Waals surface area contributed by atoms with E-state index < -0.39 is 11.0 Å². The van der Waals surface area contributed by atoms with Gasteiger partial charge in [0.1, 0.15) is 4.90 Å². The van der Waals surface area contributed by atoms with Gasteiger partial charge < -0.3 is 5.73 Å². The van der Waals surface area contributed by atoms with E-state index in [0.29, 0.717) is 5.69 Å². The molecule has 3 nitrogen and oxygen atoms in total. The molecule has 0 radical (unpaired) electrons. The zero-order chi connectivity index (χ0) is 14.4. The summed E-state index contributed by atoms with van der Waals surface area (Å²) < 4.78 is 14.1. The molecule has 0 aliphatic heterocycles. The second kappa shape index (κ2) is 7.22. The third-order valence-corrected chi connectivity index (χ3v) is 4.62. The molecule has 0 saturated heterocycles. The smallest absolute Gasteiger partial charge is 0.237 e. The number of anilines is 1. The molecular formula is C16H21N2OS+. The van der Waals surface area contributed by atoms with Crippen LogP contribution in [0.4, 0.5) is 5.69 Å². The Labute approximate surface area is 122 Å². The Hall–Kier alpha value is -1.65. The standard InChI is InChI=1S/C16H20N2OS/c1-13-9-10-15(17)12-16(13)20(19)18-11-5-8-14-6-3-2-4-7-14/h2-4,6-7,9-10,12,18H,5,8,11,17H2,1H3/p+1. The molecule has 1 unspecified atom stereocenters. The Morgan fingerprint density at radius 1 is 1.15 bits per heavy atom. The summed E-state index contributed by atoms with van der Waals surface area (Å²) in [6.45, 7) is 2.81. The molecule has 106 valence electrons. The number of nitrogen functional groups attached to an aromatic ring is 1. The zero-order valence-electron chi connectivity index (χ0n) is 11.7. The molecule has 0 bridgehead atoms. The predicted molar refractivity (Wildman–Crippen MR) is 83.6 cm³/mol. The van der Waals surface area contributed by atoms with Gasteiger partial charge in [-0.15, -0.1) is 0 Å². The minimum atomic E-state index is -1.07. The first-order valence-corrected chi connectivity index (χ1v) is 8.02. The van der Waals surface area contributed by atoms with Crippen molar-refractivity contribution >= 4 is 16.7 Å². The molecule has 0 aliphatic carbocycles. The number of hydrogen-bond acceptors (Lipinski definition) is 2. The molecule has 0 heterocycles. The molecule has 0 spiro atoms. The van der Waals surface area contributed by atoms with Gasteiger partial charge in [0.05, 0.1) is 6.54 Å². The maximum Gasteiger partial charge on any atom is 0.237 e. The van der Waals surface area contributed by atoms with Gasteiger partial charge in [0, 0.05) is 12.1 Å². The van der Waals surface area contributed by atoms with Crippen molar-refractivity contribution in [3.63, 3.8) is 0 Å². The van der Waals surface area contributed by atoms with Crippen molar-refractivity contribution in [2.45, 2.75) is 24.7 Å². The van der Waals surface area contributed by atoms with Crippen molar-refractivity contribution < 1.29 is 8.93 Å². The van der Waals surface area contributed by atoms with Crippen LogP contribution in [0.15, 0.2) is 53.4 Å². The topological polar surface area (TPSA) is 59.7 Å². The van der Waals surface area contributed by atoms with E-state index in [1.165, 1.54) is 5.56 Å². The lowest BCUT2D eigenvalue weighted by atomic mass is 10.1. The van der Waals surface area contributed by atoms with Crippen molar-refractivity contribution in [1.82, 2.24) is 0 Å². The summed E-state index contributed by atoms with van der Waals surface area (Å²) in [6.07, 6.45) is 2.03. The minimum absolute atomic E-state index is 0.664. The van der Waals surface area contributed by atoms with E-state index in [2.05, 4.69) is 12.1 Å². The summed E-state index contributed by atoms with van der Waals surface area (Å²) >= 11 is 0. The second-order valence-corrected chi connectivity index (χ2v) is 6.23. The first-order valence-electron chi connectivity index (χ1n) is 6.81. The molecule has 1 atom stereocenters. The Morgan fingerprint density at radius 3 is 2.65 bits per heavy atom. The van der Waals surface area contributed by atoms with Crippen molar-refractivity contribution in [2.75, 3.05) is 12.3 Å². The van der Waals surface area contributed by atoms with Crippen LogP contribution in [0.25, 0.3) is 0 Å². The molecular weight excluding hydrogens is 268 g/mol. The number of rotatable bonds is 6. The van der Waals surface area contributed by atoms with Crippen LogP contribution in [0, 0.1) is 6.92 Å². The molecule has 0 amide bonds. The van der Waals surface area contributed by atoms with Crippen LogP contribution >= 0.6 is 0 Å². The van der Waals surface area contributed by atoms with E-state index in [-0.39, 0.29) is 0 Å². The maximum absolute atomic E-state index is 12.2. The molecule has 4 N–H and O–H groups in total. The molecule has 0 saturated carbocycles. The molecule has 2 rings (SSSR count). The van der Waals surface area contributed by atoms with E-state index in [4.69, 9.17) is 5.73 Å². The molecule has 20 heavy (non-hydrogen) atoms. The molecule has 0 aliphatic rings. The molecule has 2 aromatic rings. The van der Waals surface area contributed by atoms with Crippen molar-refractivity contribution in [2.24, 2.45) is 0 Å². The molecule has 4 heteroatoms. The molecule has 0 fully saturated rings. The minimum Gasteiger partial charge on any atom is -0.399 e. The van der Waals surface area contributed by atoms with Crippen LogP contribution in [0.5, 0.6) is 0 Å². The third-order valence-electron chi connectivity index (χ3n) is 3.21. The molecule has 0 aromatic heterocycles. The Morgan fingerprint density at radius 2 is 1.90 bits per heavy atom. The first kappa shape index (κ1) is 14.8. The maximum atomic E-state index is 12.2. The number of benzene rings is 2. The number of aryl methyl sites for hydroxylation is 2. The largest absolute Gasteiger partial charge is 0.399 e. The predicted octanol–water partition coefficient (Wildman–Crippen LogP) is 1.80. The van der Waals surface area contributed by atoms with Gasteiger partial charge in [-0.3, -0.25) is 4.72 Å². The van der Waals surface area contributed by atoms with Crippen LogP contribution in [-0.4, -0.2) is 10.8 Å². The summed E-state index contributed by atoms with van der Waals surface area (Å²) in [5.41, 5.74) is 8.76. The van der Waals surface area contributed by atoms with Gasteiger partial charge in [0.2, 0.25) is 11.0 Å².